The second kappa shape index (κ2) is 6.54. The summed E-state index contributed by atoms with van der Waals surface area (Å²) in [5, 5.41) is 15.4. The van der Waals surface area contributed by atoms with Gasteiger partial charge in [0.15, 0.2) is 0 Å². The van der Waals surface area contributed by atoms with E-state index in [1.165, 1.54) is 22.9 Å². The Bertz CT molecular complexity index is 1000. The molecule has 0 aliphatic rings. The van der Waals surface area contributed by atoms with E-state index >= 15 is 0 Å². The van der Waals surface area contributed by atoms with Gasteiger partial charge in [-0.2, -0.15) is 5.10 Å². The van der Waals surface area contributed by atoms with E-state index in [-0.39, 0.29) is 5.91 Å². The summed E-state index contributed by atoms with van der Waals surface area (Å²) in [6.07, 6.45) is 3.60. The Balaban J connectivity index is 1.48. The number of carbonyl (C=O) groups is 1. The smallest absolute Gasteiger partial charge is 0.275 e. The number of hydrogen-bond acceptors (Lipinski definition) is 7. The van der Waals surface area contributed by atoms with E-state index in [1.807, 2.05) is 42.9 Å². The van der Waals surface area contributed by atoms with Crippen molar-refractivity contribution in [2.24, 2.45) is 7.05 Å². The van der Waals surface area contributed by atoms with Gasteiger partial charge in [-0.1, -0.05) is 16.6 Å². The summed E-state index contributed by atoms with van der Waals surface area (Å²) in [5.74, 6) is -0.241. The zero-order chi connectivity index (χ0) is 17.2. The van der Waals surface area contributed by atoms with Crippen molar-refractivity contribution in [3.8, 4) is 21.8 Å². The first-order valence-electron chi connectivity index (χ1n) is 7.32. The number of aromatic nitrogens is 5. The summed E-state index contributed by atoms with van der Waals surface area (Å²) in [7, 11) is 1.84. The van der Waals surface area contributed by atoms with Crippen molar-refractivity contribution >= 4 is 34.5 Å². The van der Waals surface area contributed by atoms with Crippen LogP contribution in [0.1, 0.15) is 10.5 Å². The third-order valence-electron chi connectivity index (χ3n) is 3.49. The highest BCUT2D eigenvalue weighted by atomic mass is 32.1. The van der Waals surface area contributed by atoms with Gasteiger partial charge in [-0.15, -0.1) is 16.4 Å². The Morgan fingerprint density at radius 2 is 2.00 bits per heavy atom. The van der Waals surface area contributed by atoms with Gasteiger partial charge in [0, 0.05) is 40.8 Å². The molecule has 4 aromatic rings. The molecule has 0 bridgehead atoms. The normalized spacial score (nSPS) is 10.8. The van der Waals surface area contributed by atoms with Crippen LogP contribution in [-0.4, -0.2) is 30.3 Å². The molecule has 1 N–H and O–H groups in total. The molecular formula is C16H12N6OS2. The van der Waals surface area contributed by atoms with Gasteiger partial charge in [-0.3, -0.25) is 9.48 Å². The molecule has 4 rings (SSSR count). The molecule has 3 heterocycles. The summed E-state index contributed by atoms with van der Waals surface area (Å²) in [4.78, 5) is 16.8. The summed E-state index contributed by atoms with van der Waals surface area (Å²) in [6.45, 7) is 0. The fraction of sp³-hybridized carbons (Fsp3) is 0.0625. The fourth-order valence-electron chi connectivity index (χ4n) is 2.25. The molecule has 0 unspecified atom stereocenters. The van der Waals surface area contributed by atoms with Crippen LogP contribution in [0, 0.1) is 0 Å². The third-order valence-corrected chi connectivity index (χ3v) is 4.88. The molecular weight excluding hydrogens is 356 g/mol. The highest BCUT2D eigenvalue weighted by molar-refractivity contribution is 7.13. The molecule has 7 nitrogen and oxygen atoms in total. The fourth-order valence-corrected chi connectivity index (χ4v) is 3.49. The second-order valence-electron chi connectivity index (χ2n) is 5.26. The van der Waals surface area contributed by atoms with E-state index in [9.17, 15) is 4.79 Å². The minimum Gasteiger partial charge on any atom is -0.321 e. The second-order valence-corrected chi connectivity index (χ2v) is 6.73. The zero-order valence-electron chi connectivity index (χ0n) is 13.1. The summed E-state index contributed by atoms with van der Waals surface area (Å²) in [6, 6.07) is 7.46. The number of carbonyl (C=O) groups excluding carboxylic acids is 1. The maximum absolute atomic E-state index is 12.4. The monoisotopic (exact) mass is 368 g/mol. The van der Waals surface area contributed by atoms with Crippen LogP contribution in [0.5, 0.6) is 0 Å². The molecule has 0 saturated carbocycles. The Morgan fingerprint density at radius 3 is 2.68 bits per heavy atom. The summed E-state index contributed by atoms with van der Waals surface area (Å²) >= 11 is 2.72. The van der Waals surface area contributed by atoms with E-state index in [4.69, 9.17) is 0 Å². The van der Waals surface area contributed by atoms with Gasteiger partial charge in [-0.05, 0) is 23.7 Å². The molecule has 1 aromatic carbocycles. The van der Waals surface area contributed by atoms with Crippen LogP contribution < -0.4 is 5.32 Å². The molecule has 9 heteroatoms. The molecule has 0 fully saturated rings. The maximum Gasteiger partial charge on any atom is 0.275 e. The molecule has 0 atom stereocenters. The van der Waals surface area contributed by atoms with E-state index < -0.39 is 0 Å². The Labute approximate surface area is 151 Å². The number of thiazole rings is 1. The number of aryl methyl sites for hydroxylation is 1. The topological polar surface area (TPSA) is 85.6 Å². The molecule has 0 aliphatic heterocycles. The van der Waals surface area contributed by atoms with Crippen molar-refractivity contribution in [1.82, 2.24) is 24.4 Å². The number of amides is 1. The van der Waals surface area contributed by atoms with E-state index in [1.54, 1.807) is 16.3 Å². The Morgan fingerprint density at radius 1 is 1.16 bits per heavy atom. The number of nitrogens with zero attached hydrogens (tertiary/aromatic N) is 5. The van der Waals surface area contributed by atoms with Gasteiger partial charge < -0.3 is 5.32 Å². The van der Waals surface area contributed by atoms with Crippen LogP contribution in [0.25, 0.3) is 21.8 Å². The lowest BCUT2D eigenvalue weighted by molar-refractivity contribution is 0.102. The minimum atomic E-state index is -0.241. The van der Waals surface area contributed by atoms with Gasteiger partial charge in [0.2, 0.25) is 0 Å². The minimum absolute atomic E-state index is 0.241. The van der Waals surface area contributed by atoms with Crippen LogP contribution in [-0.2, 0) is 7.05 Å². The largest absolute Gasteiger partial charge is 0.321 e. The molecule has 1 amide bonds. The first-order chi connectivity index (χ1) is 12.2. The molecule has 124 valence electrons. The highest BCUT2D eigenvalue weighted by Crippen LogP contribution is 2.24. The number of rotatable bonds is 4. The lowest BCUT2D eigenvalue weighted by Gasteiger charge is -2.04. The predicted octanol–water partition coefficient (Wildman–Crippen LogP) is 3.31. The molecule has 3 aromatic heterocycles. The van der Waals surface area contributed by atoms with Crippen LogP contribution >= 0.6 is 22.9 Å². The molecule has 0 aliphatic carbocycles. The van der Waals surface area contributed by atoms with Crippen LogP contribution in [0.4, 0.5) is 5.69 Å². The summed E-state index contributed by atoms with van der Waals surface area (Å²) in [5.41, 5.74) is 3.76. The number of nitrogens with one attached hydrogen (secondary N) is 1. The SMILES string of the molecule is Cn1cc(-c2nc(C(=O)Nc3ccc(-c4csnn4)cc3)cs2)cn1. The van der Waals surface area contributed by atoms with Crippen molar-refractivity contribution in [3.63, 3.8) is 0 Å². The summed E-state index contributed by atoms with van der Waals surface area (Å²) < 4.78 is 5.55. The van der Waals surface area contributed by atoms with Gasteiger partial charge in [-0.25, -0.2) is 4.98 Å². The van der Waals surface area contributed by atoms with Gasteiger partial charge in [0.05, 0.1) is 6.20 Å². The van der Waals surface area contributed by atoms with Crippen molar-refractivity contribution < 1.29 is 4.79 Å². The van der Waals surface area contributed by atoms with Crippen molar-refractivity contribution in [2.75, 3.05) is 5.32 Å². The van der Waals surface area contributed by atoms with Gasteiger partial charge in [0.1, 0.15) is 16.4 Å². The number of hydrogen-bond donors (Lipinski definition) is 1. The van der Waals surface area contributed by atoms with Crippen molar-refractivity contribution in [3.05, 3.63) is 53.1 Å². The number of benzene rings is 1. The van der Waals surface area contributed by atoms with Crippen LogP contribution in [0.2, 0.25) is 0 Å². The number of anilines is 1. The first kappa shape index (κ1) is 15.6. The van der Waals surface area contributed by atoms with E-state index in [2.05, 4.69) is 25.0 Å². The molecule has 25 heavy (non-hydrogen) atoms. The zero-order valence-corrected chi connectivity index (χ0v) is 14.7. The molecule has 0 radical (unpaired) electrons. The van der Waals surface area contributed by atoms with E-state index in [0.29, 0.717) is 11.4 Å². The van der Waals surface area contributed by atoms with Gasteiger partial charge >= 0.3 is 0 Å². The molecule has 0 saturated heterocycles. The average molecular weight is 368 g/mol. The van der Waals surface area contributed by atoms with E-state index in [0.717, 1.165) is 21.8 Å². The standard InChI is InChI=1S/C16H12N6OS2/c1-22-7-11(6-17-22)16-19-14(8-24-16)15(23)18-12-4-2-10(3-5-12)13-9-25-21-20-13/h2-9H,1H3,(H,18,23). The lowest BCUT2D eigenvalue weighted by atomic mass is 10.1. The van der Waals surface area contributed by atoms with Gasteiger partial charge in [0.25, 0.3) is 5.91 Å². The molecule has 0 spiro atoms. The highest BCUT2D eigenvalue weighted by Gasteiger charge is 2.13. The quantitative estimate of drug-likeness (QED) is 0.597. The predicted molar refractivity (Wildman–Crippen MR) is 97.6 cm³/mol. The van der Waals surface area contributed by atoms with Crippen molar-refractivity contribution in [2.45, 2.75) is 0 Å². The first-order valence-corrected chi connectivity index (χ1v) is 9.04. The Kier molecular flexibility index (Phi) is 4.08. The third kappa shape index (κ3) is 3.32. The Hall–Kier alpha value is -2.91. The lowest BCUT2D eigenvalue weighted by Crippen LogP contribution is -2.12. The van der Waals surface area contributed by atoms with Crippen LogP contribution in [0.15, 0.2) is 47.4 Å². The van der Waals surface area contributed by atoms with Crippen LogP contribution in [0.3, 0.4) is 0 Å². The van der Waals surface area contributed by atoms with Crippen molar-refractivity contribution in [1.29, 1.82) is 0 Å². The average Bonchev–Trinajstić information content (AvgIpc) is 3.36. The maximum atomic E-state index is 12.4.